The van der Waals surface area contributed by atoms with Gasteiger partial charge in [-0.25, -0.2) is 13.2 Å². The van der Waals surface area contributed by atoms with Gasteiger partial charge in [-0.05, 0) is 35.7 Å². The van der Waals surface area contributed by atoms with Crippen LogP contribution in [0.4, 0.5) is 13.2 Å². The van der Waals surface area contributed by atoms with Crippen LogP contribution in [0.15, 0.2) is 51.7 Å². The summed E-state index contributed by atoms with van der Waals surface area (Å²) in [4.78, 5) is 30.8. The average molecular weight is 512 g/mol. The number of amides is 1. The molecule has 1 unspecified atom stereocenters. The number of benzene rings is 2. The molecular formula is C27H23F3N2O5. The highest BCUT2D eigenvalue weighted by molar-refractivity contribution is 5.86. The van der Waals surface area contributed by atoms with Crippen LogP contribution in [0, 0.1) is 17.5 Å². The molecule has 7 nitrogen and oxygen atoms in total. The van der Waals surface area contributed by atoms with Gasteiger partial charge in [0.05, 0.1) is 12.5 Å². The molecule has 0 fully saturated rings. The second-order valence-corrected chi connectivity index (χ2v) is 8.97. The predicted octanol–water partition coefficient (Wildman–Crippen LogP) is 4.50. The largest absolute Gasteiger partial charge is 0.502 e. The van der Waals surface area contributed by atoms with Gasteiger partial charge in [-0.3, -0.25) is 9.59 Å². The normalized spacial score (nSPS) is 14.1. The van der Waals surface area contributed by atoms with E-state index in [2.05, 4.69) is 4.98 Å². The van der Waals surface area contributed by atoms with Gasteiger partial charge in [-0.15, -0.1) is 0 Å². The Bertz CT molecular complexity index is 1540. The summed E-state index contributed by atoms with van der Waals surface area (Å²) in [5, 5.41) is 11.6. The molecule has 192 valence electrons. The van der Waals surface area contributed by atoms with Crippen LogP contribution in [0.25, 0.3) is 10.9 Å². The highest BCUT2D eigenvalue weighted by Crippen LogP contribution is 2.36. The quantitative estimate of drug-likeness (QED) is 0.371. The molecule has 1 aliphatic rings. The number of nitrogens with one attached hydrogen (secondary N) is 1. The number of hydrogen-bond donors (Lipinski definition) is 2. The number of carbonyl (C=O) groups excluding carboxylic acids is 1. The van der Waals surface area contributed by atoms with Gasteiger partial charge in [0.15, 0.2) is 23.2 Å². The van der Waals surface area contributed by atoms with E-state index in [1.807, 2.05) is 24.3 Å². The lowest BCUT2D eigenvalue weighted by atomic mass is 9.90. The van der Waals surface area contributed by atoms with E-state index in [1.165, 1.54) is 7.11 Å². The van der Waals surface area contributed by atoms with Crippen molar-refractivity contribution in [1.29, 1.82) is 0 Å². The molecule has 4 aromatic rings. The number of aromatic nitrogens is 1. The molecule has 1 amide bonds. The molecule has 3 heterocycles. The van der Waals surface area contributed by atoms with Crippen LogP contribution in [-0.4, -0.2) is 34.6 Å². The van der Waals surface area contributed by atoms with Crippen LogP contribution in [0.2, 0.25) is 0 Å². The third-order valence-corrected chi connectivity index (χ3v) is 6.63. The molecule has 1 atom stereocenters. The fourth-order valence-electron chi connectivity index (χ4n) is 4.85. The molecule has 2 aromatic carbocycles. The number of nitrogens with zero attached hydrogens (tertiary/aromatic N) is 1. The first kappa shape index (κ1) is 24.6. The Kier molecular flexibility index (Phi) is 6.51. The minimum absolute atomic E-state index is 0.0431. The van der Waals surface area contributed by atoms with Gasteiger partial charge in [0.25, 0.3) is 0 Å². The van der Waals surface area contributed by atoms with E-state index < -0.39 is 46.9 Å². The van der Waals surface area contributed by atoms with Crippen molar-refractivity contribution in [2.45, 2.75) is 31.9 Å². The summed E-state index contributed by atoms with van der Waals surface area (Å²) < 4.78 is 52.7. The zero-order valence-corrected chi connectivity index (χ0v) is 19.8. The first-order valence-electron chi connectivity index (χ1n) is 11.6. The van der Waals surface area contributed by atoms with Crippen molar-refractivity contribution in [3.05, 3.63) is 98.5 Å². The SMILES string of the molecule is COCc1cc(=O)c(O)c(C(CC(=O)N2CCc3c([nH]c4ccccc34)C2)c2cc(F)c(F)c(F)c2)o1. The molecule has 2 aromatic heterocycles. The number of rotatable bonds is 6. The van der Waals surface area contributed by atoms with Gasteiger partial charge in [0.1, 0.15) is 12.4 Å². The predicted molar refractivity (Wildman–Crippen MR) is 128 cm³/mol. The highest BCUT2D eigenvalue weighted by atomic mass is 19.2. The van der Waals surface area contributed by atoms with Crippen molar-refractivity contribution in [3.63, 3.8) is 0 Å². The number of aromatic amines is 1. The van der Waals surface area contributed by atoms with Crippen LogP contribution >= 0.6 is 0 Å². The Balaban J connectivity index is 1.51. The Labute approximate surface area is 209 Å². The fraction of sp³-hybridized carbons (Fsp3) is 0.259. The van der Waals surface area contributed by atoms with E-state index in [-0.39, 0.29) is 30.2 Å². The first-order valence-corrected chi connectivity index (χ1v) is 11.6. The third-order valence-electron chi connectivity index (χ3n) is 6.63. The third kappa shape index (κ3) is 4.60. The summed E-state index contributed by atoms with van der Waals surface area (Å²) >= 11 is 0. The second-order valence-electron chi connectivity index (χ2n) is 8.97. The molecule has 1 aliphatic heterocycles. The molecule has 0 radical (unpaired) electrons. The number of para-hydroxylation sites is 1. The summed E-state index contributed by atoms with van der Waals surface area (Å²) in [6.07, 6.45) is 0.201. The fourth-order valence-corrected chi connectivity index (χ4v) is 4.85. The van der Waals surface area contributed by atoms with Crippen LogP contribution in [0.3, 0.4) is 0 Å². The number of methoxy groups -OCH3 is 1. The molecule has 0 saturated heterocycles. The lowest BCUT2D eigenvalue weighted by Crippen LogP contribution is -2.36. The second kappa shape index (κ2) is 9.78. The first-order chi connectivity index (χ1) is 17.8. The van der Waals surface area contributed by atoms with E-state index >= 15 is 0 Å². The lowest BCUT2D eigenvalue weighted by molar-refractivity contribution is -0.132. The minimum atomic E-state index is -1.67. The van der Waals surface area contributed by atoms with Gasteiger partial charge in [0.2, 0.25) is 17.1 Å². The molecule has 2 N–H and O–H groups in total. The van der Waals surface area contributed by atoms with Crippen molar-refractivity contribution in [2.75, 3.05) is 13.7 Å². The molecule has 37 heavy (non-hydrogen) atoms. The van der Waals surface area contributed by atoms with Crippen molar-refractivity contribution in [3.8, 4) is 5.75 Å². The van der Waals surface area contributed by atoms with Crippen LogP contribution in [-0.2, 0) is 29.1 Å². The Hall–Kier alpha value is -4.05. The van der Waals surface area contributed by atoms with Gasteiger partial charge >= 0.3 is 0 Å². The van der Waals surface area contributed by atoms with Gasteiger partial charge in [0, 0.05) is 42.7 Å². The maximum Gasteiger partial charge on any atom is 0.227 e. The van der Waals surface area contributed by atoms with E-state index in [4.69, 9.17) is 9.15 Å². The van der Waals surface area contributed by atoms with Crippen LogP contribution in [0.1, 0.15) is 40.7 Å². The molecule has 0 spiro atoms. The summed E-state index contributed by atoms with van der Waals surface area (Å²) in [5.41, 5.74) is 1.98. The topological polar surface area (TPSA) is 95.8 Å². The van der Waals surface area contributed by atoms with Crippen LogP contribution < -0.4 is 5.43 Å². The Morgan fingerprint density at radius 1 is 1.19 bits per heavy atom. The lowest BCUT2D eigenvalue weighted by Gasteiger charge is -2.29. The van der Waals surface area contributed by atoms with E-state index in [0.29, 0.717) is 13.0 Å². The molecule has 0 saturated carbocycles. The van der Waals surface area contributed by atoms with Crippen molar-refractivity contribution < 1.29 is 32.2 Å². The standard InChI is InChI=1S/C27H23F3N2O5/c1-36-13-15-10-23(33)26(35)27(37-15)18(14-8-19(28)25(30)20(29)9-14)11-24(34)32-7-6-17-16-4-2-3-5-21(16)31-22(17)12-32/h2-5,8-10,18,31,35H,6-7,11-13H2,1H3. The summed E-state index contributed by atoms with van der Waals surface area (Å²) in [6.45, 7) is 0.554. The van der Waals surface area contributed by atoms with Crippen molar-refractivity contribution in [2.24, 2.45) is 0 Å². The summed E-state index contributed by atoms with van der Waals surface area (Å²) in [5.74, 6) is -7.41. The number of hydrogen-bond acceptors (Lipinski definition) is 5. The molecule has 5 rings (SSSR count). The number of ether oxygens (including phenoxy) is 1. The maximum atomic E-state index is 14.2. The zero-order valence-electron chi connectivity index (χ0n) is 19.8. The zero-order chi connectivity index (χ0) is 26.3. The van der Waals surface area contributed by atoms with Crippen molar-refractivity contribution >= 4 is 16.8 Å². The Morgan fingerprint density at radius 3 is 2.65 bits per heavy atom. The maximum absolute atomic E-state index is 14.2. The number of H-pyrrole nitrogens is 1. The number of carbonyl (C=O) groups is 1. The minimum Gasteiger partial charge on any atom is -0.502 e. The molecule has 0 aliphatic carbocycles. The van der Waals surface area contributed by atoms with Crippen LogP contribution in [0.5, 0.6) is 5.75 Å². The number of fused-ring (bicyclic) bond motifs is 3. The van der Waals surface area contributed by atoms with E-state index in [1.54, 1.807) is 4.90 Å². The number of aromatic hydroxyl groups is 1. The van der Waals surface area contributed by atoms with Gasteiger partial charge in [-0.1, -0.05) is 18.2 Å². The number of halogens is 3. The van der Waals surface area contributed by atoms with E-state index in [0.717, 1.165) is 40.4 Å². The molecular weight excluding hydrogens is 489 g/mol. The molecule has 10 heteroatoms. The highest BCUT2D eigenvalue weighted by Gasteiger charge is 2.31. The monoisotopic (exact) mass is 512 g/mol. The summed E-state index contributed by atoms with van der Waals surface area (Å²) in [7, 11) is 1.37. The average Bonchev–Trinajstić information content (AvgIpc) is 3.25. The Morgan fingerprint density at radius 2 is 1.92 bits per heavy atom. The smallest absolute Gasteiger partial charge is 0.227 e. The van der Waals surface area contributed by atoms with E-state index in [9.17, 15) is 27.9 Å². The summed E-state index contributed by atoms with van der Waals surface area (Å²) in [6, 6.07) is 10.3. The van der Waals surface area contributed by atoms with Gasteiger partial charge < -0.3 is 24.1 Å². The van der Waals surface area contributed by atoms with Gasteiger partial charge in [-0.2, -0.15) is 0 Å². The molecule has 0 bridgehead atoms. The van der Waals surface area contributed by atoms with Crippen molar-refractivity contribution in [1.82, 2.24) is 9.88 Å².